The summed E-state index contributed by atoms with van der Waals surface area (Å²) in [6, 6.07) is 5.76. The van der Waals surface area contributed by atoms with Crippen molar-refractivity contribution in [3.8, 4) is 0 Å². The number of nitrogens with one attached hydrogen (secondary N) is 1. The second kappa shape index (κ2) is 7.44. The van der Waals surface area contributed by atoms with E-state index in [-0.39, 0.29) is 18.6 Å². The van der Waals surface area contributed by atoms with Crippen LogP contribution in [0.2, 0.25) is 0 Å². The summed E-state index contributed by atoms with van der Waals surface area (Å²) in [6.45, 7) is 4.05. The molecule has 0 spiro atoms. The number of carbonyl (C=O) groups excluding carboxylic acids is 1. The molecule has 1 aromatic carbocycles. The average molecular weight is 267 g/mol. The molecule has 0 heterocycles. The van der Waals surface area contributed by atoms with Crippen molar-refractivity contribution in [2.45, 2.75) is 26.3 Å². The van der Waals surface area contributed by atoms with Crippen LogP contribution < -0.4 is 5.32 Å². The second-order valence-corrected chi connectivity index (χ2v) is 5.30. The summed E-state index contributed by atoms with van der Waals surface area (Å²) in [6.07, 6.45) is 2.59. The van der Waals surface area contributed by atoms with E-state index in [2.05, 4.69) is 5.32 Å². The van der Waals surface area contributed by atoms with Gasteiger partial charge in [0.15, 0.2) is 0 Å². The Morgan fingerprint density at radius 3 is 2.78 bits per heavy atom. The van der Waals surface area contributed by atoms with Gasteiger partial charge in [-0.05, 0) is 43.7 Å². The normalized spacial score (nSPS) is 12.2. The van der Waals surface area contributed by atoms with Crippen LogP contribution in [-0.4, -0.2) is 35.7 Å². The lowest BCUT2D eigenvalue weighted by atomic mass is 10.0. The lowest BCUT2D eigenvalue weighted by Crippen LogP contribution is -2.37. The van der Waals surface area contributed by atoms with Crippen LogP contribution in [0.1, 0.15) is 27.9 Å². The van der Waals surface area contributed by atoms with E-state index in [1.54, 1.807) is 11.8 Å². The van der Waals surface area contributed by atoms with Gasteiger partial charge in [0, 0.05) is 24.0 Å². The van der Waals surface area contributed by atoms with Gasteiger partial charge in [0.2, 0.25) is 0 Å². The van der Waals surface area contributed by atoms with Crippen molar-refractivity contribution in [3.63, 3.8) is 0 Å². The number of thioether (sulfide) groups is 1. The summed E-state index contributed by atoms with van der Waals surface area (Å²) in [7, 11) is 0. The van der Waals surface area contributed by atoms with Gasteiger partial charge in [0.25, 0.3) is 5.91 Å². The second-order valence-electron chi connectivity index (χ2n) is 4.39. The van der Waals surface area contributed by atoms with Gasteiger partial charge in [-0.25, -0.2) is 0 Å². The maximum absolute atomic E-state index is 12.2. The molecule has 1 amide bonds. The number of aliphatic hydroxyl groups excluding tert-OH is 1. The zero-order chi connectivity index (χ0) is 13.5. The van der Waals surface area contributed by atoms with Gasteiger partial charge in [-0.1, -0.05) is 12.1 Å². The van der Waals surface area contributed by atoms with Crippen molar-refractivity contribution in [2.75, 3.05) is 18.6 Å². The first-order valence-electron chi connectivity index (χ1n) is 6.07. The van der Waals surface area contributed by atoms with Crippen LogP contribution in [0, 0.1) is 13.8 Å². The maximum Gasteiger partial charge on any atom is 0.251 e. The molecule has 0 aliphatic rings. The Morgan fingerprint density at radius 1 is 1.44 bits per heavy atom. The zero-order valence-electron chi connectivity index (χ0n) is 11.2. The number of aryl methyl sites for hydroxylation is 1. The number of benzene rings is 1. The van der Waals surface area contributed by atoms with E-state index < -0.39 is 0 Å². The van der Waals surface area contributed by atoms with Crippen molar-refractivity contribution in [3.05, 3.63) is 34.9 Å². The highest BCUT2D eigenvalue weighted by molar-refractivity contribution is 7.98. The van der Waals surface area contributed by atoms with Crippen LogP contribution in [0.25, 0.3) is 0 Å². The van der Waals surface area contributed by atoms with E-state index in [4.69, 9.17) is 5.11 Å². The summed E-state index contributed by atoms with van der Waals surface area (Å²) in [4.78, 5) is 12.2. The molecule has 1 unspecified atom stereocenters. The third kappa shape index (κ3) is 4.03. The van der Waals surface area contributed by atoms with Crippen LogP contribution >= 0.6 is 11.8 Å². The molecule has 0 aliphatic heterocycles. The van der Waals surface area contributed by atoms with E-state index >= 15 is 0 Å². The third-order valence-corrected chi connectivity index (χ3v) is 3.77. The van der Waals surface area contributed by atoms with Gasteiger partial charge >= 0.3 is 0 Å². The number of carbonyl (C=O) groups is 1. The molecule has 0 aliphatic carbocycles. The van der Waals surface area contributed by atoms with Crippen LogP contribution in [0.4, 0.5) is 0 Å². The highest BCUT2D eigenvalue weighted by Gasteiger charge is 2.15. The summed E-state index contributed by atoms with van der Waals surface area (Å²) in [5, 5.41) is 12.0. The van der Waals surface area contributed by atoms with Gasteiger partial charge in [-0.3, -0.25) is 4.79 Å². The van der Waals surface area contributed by atoms with Gasteiger partial charge in [-0.2, -0.15) is 11.8 Å². The van der Waals surface area contributed by atoms with Gasteiger partial charge < -0.3 is 10.4 Å². The molecule has 0 aromatic heterocycles. The Bertz CT molecular complexity index is 401. The fraction of sp³-hybridized carbons (Fsp3) is 0.500. The molecule has 18 heavy (non-hydrogen) atoms. The molecule has 4 heteroatoms. The van der Waals surface area contributed by atoms with Gasteiger partial charge in [-0.15, -0.1) is 0 Å². The molecule has 0 fully saturated rings. The Kier molecular flexibility index (Phi) is 6.22. The first-order chi connectivity index (χ1) is 8.60. The molecule has 1 rings (SSSR count). The molecule has 1 aromatic rings. The number of rotatable bonds is 6. The molecule has 0 bridgehead atoms. The monoisotopic (exact) mass is 267 g/mol. The van der Waals surface area contributed by atoms with Gasteiger partial charge in [0.1, 0.15) is 0 Å². The predicted molar refractivity (Wildman–Crippen MR) is 77.3 cm³/mol. The Hall–Kier alpha value is -1.00. The van der Waals surface area contributed by atoms with Gasteiger partial charge in [0.05, 0.1) is 0 Å². The smallest absolute Gasteiger partial charge is 0.251 e. The summed E-state index contributed by atoms with van der Waals surface area (Å²) in [5.74, 6) is 0.765. The maximum atomic E-state index is 12.2. The molecule has 1 atom stereocenters. The van der Waals surface area contributed by atoms with E-state index in [1.807, 2.05) is 38.3 Å². The SMILES string of the molecule is CSCC(CCO)NC(=O)c1cccc(C)c1C. The number of amides is 1. The van der Waals surface area contributed by atoms with Crippen molar-refractivity contribution >= 4 is 17.7 Å². The molecule has 0 saturated heterocycles. The molecule has 100 valence electrons. The highest BCUT2D eigenvalue weighted by atomic mass is 32.2. The van der Waals surface area contributed by atoms with Crippen molar-refractivity contribution in [1.29, 1.82) is 0 Å². The highest BCUT2D eigenvalue weighted by Crippen LogP contribution is 2.13. The van der Waals surface area contributed by atoms with Crippen molar-refractivity contribution in [1.82, 2.24) is 5.32 Å². The average Bonchev–Trinajstić information content (AvgIpc) is 2.33. The number of hydrogen-bond acceptors (Lipinski definition) is 3. The number of hydrogen-bond donors (Lipinski definition) is 2. The molecule has 3 nitrogen and oxygen atoms in total. The molecular weight excluding hydrogens is 246 g/mol. The van der Waals surface area contributed by atoms with Crippen LogP contribution in [0.5, 0.6) is 0 Å². The summed E-state index contributed by atoms with van der Waals surface area (Å²) in [5.41, 5.74) is 2.85. The molecule has 0 saturated carbocycles. The van der Waals surface area contributed by atoms with Crippen LogP contribution in [0.3, 0.4) is 0 Å². The summed E-state index contributed by atoms with van der Waals surface area (Å²) < 4.78 is 0. The Labute approximate surface area is 113 Å². The van der Waals surface area contributed by atoms with Crippen LogP contribution in [-0.2, 0) is 0 Å². The zero-order valence-corrected chi connectivity index (χ0v) is 12.0. The first kappa shape index (κ1) is 15.1. The topological polar surface area (TPSA) is 49.3 Å². The van der Waals surface area contributed by atoms with Crippen LogP contribution in [0.15, 0.2) is 18.2 Å². The first-order valence-corrected chi connectivity index (χ1v) is 7.46. The Balaban J connectivity index is 2.77. The molecule has 0 radical (unpaired) electrons. The standard InChI is InChI=1S/C14H21NO2S/c1-10-5-4-6-13(11(10)2)14(17)15-12(7-8-16)9-18-3/h4-6,12,16H,7-9H2,1-3H3,(H,15,17). The lowest BCUT2D eigenvalue weighted by Gasteiger charge is -2.17. The van der Waals surface area contributed by atoms with E-state index in [1.165, 1.54) is 0 Å². The summed E-state index contributed by atoms with van der Waals surface area (Å²) >= 11 is 1.67. The van der Waals surface area contributed by atoms with Crippen molar-refractivity contribution < 1.29 is 9.90 Å². The fourth-order valence-corrected chi connectivity index (χ4v) is 2.47. The number of aliphatic hydroxyl groups is 1. The minimum absolute atomic E-state index is 0.0254. The Morgan fingerprint density at radius 2 is 2.17 bits per heavy atom. The largest absolute Gasteiger partial charge is 0.396 e. The minimum Gasteiger partial charge on any atom is -0.396 e. The predicted octanol–water partition coefficient (Wildman–Crippen LogP) is 2.15. The lowest BCUT2D eigenvalue weighted by molar-refractivity contribution is 0.0934. The van der Waals surface area contributed by atoms with E-state index in [0.717, 1.165) is 22.4 Å². The quantitative estimate of drug-likeness (QED) is 0.830. The molecule has 2 N–H and O–H groups in total. The third-order valence-electron chi connectivity index (χ3n) is 3.03. The van der Waals surface area contributed by atoms with Crippen molar-refractivity contribution in [2.24, 2.45) is 0 Å². The fourth-order valence-electron chi connectivity index (χ4n) is 1.81. The minimum atomic E-state index is -0.0521. The van der Waals surface area contributed by atoms with E-state index in [0.29, 0.717) is 6.42 Å². The molecular formula is C14H21NO2S. The van der Waals surface area contributed by atoms with E-state index in [9.17, 15) is 4.79 Å².